The van der Waals surface area contributed by atoms with Crippen LogP contribution in [0.5, 0.6) is 0 Å². The Hall–Kier alpha value is -1.86. The van der Waals surface area contributed by atoms with Gasteiger partial charge in [0.25, 0.3) is 0 Å². The summed E-state index contributed by atoms with van der Waals surface area (Å²) in [6.45, 7) is 1.85. The average molecular weight is 319 g/mol. The van der Waals surface area contributed by atoms with Crippen LogP contribution in [0, 0.1) is 6.92 Å². The van der Waals surface area contributed by atoms with Gasteiger partial charge in [0.15, 0.2) is 4.34 Å². The van der Waals surface area contributed by atoms with Gasteiger partial charge < -0.3 is 10.1 Å². The van der Waals surface area contributed by atoms with Gasteiger partial charge in [-0.15, -0.1) is 11.3 Å². The monoisotopic (exact) mass is 319 g/mol. The van der Waals surface area contributed by atoms with E-state index in [1.807, 2.05) is 31.2 Å². The third-order valence-corrected chi connectivity index (χ3v) is 5.27. The van der Waals surface area contributed by atoms with E-state index in [-0.39, 0.29) is 6.42 Å². The lowest BCUT2D eigenvalue weighted by molar-refractivity contribution is -0.136. The number of H-pyrrole nitrogens is 1. The van der Waals surface area contributed by atoms with Crippen molar-refractivity contribution in [1.82, 2.24) is 15.0 Å². The number of carboxylic acid groups (broad SMARTS) is 1. The first-order chi connectivity index (χ1) is 10.1. The number of para-hydroxylation sites is 2. The number of carboxylic acids is 1. The number of fused-ring (bicyclic) bond motifs is 1. The molecule has 0 bridgehead atoms. The SMILES string of the molecule is Cc1nc(SCc2nc3ccccc3[nH]2)sc1CC(=O)O. The van der Waals surface area contributed by atoms with Gasteiger partial charge in [0.05, 0.1) is 28.9 Å². The van der Waals surface area contributed by atoms with E-state index in [1.165, 1.54) is 11.3 Å². The summed E-state index contributed by atoms with van der Waals surface area (Å²) >= 11 is 3.01. The molecule has 0 radical (unpaired) electrons. The molecule has 0 saturated carbocycles. The maximum absolute atomic E-state index is 10.8. The summed E-state index contributed by atoms with van der Waals surface area (Å²) in [6, 6.07) is 7.90. The number of nitrogens with one attached hydrogen (secondary N) is 1. The molecule has 1 aromatic carbocycles. The van der Waals surface area contributed by atoms with E-state index >= 15 is 0 Å². The lowest BCUT2D eigenvalue weighted by atomic mass is 10.3. The number of hydrogen-bond donors (Lipinski definition) is 2. The topological polar surface area (TPSA) is 78.9 Å². The minimum atomic E-state index is -0.824. The zero-order valence-electron chi connectivity index (χ0n) is 11.3. The summed E-state index contributed by atoms with van der Waals surface area (Å²) in [5.74, 6) is 0.762. The largest absolute Gasteiger partial charge is 0.481 e. The highest BCUT2D eigenvalue weighted by Gasteiger charge is 2.12. The van der Waals surface area contributed by atoms with Crippen LogP contribution in [0.25, 0.3) is 11.0 Å². The molecule has 7 heteroatoms. The standard InChI is InChI=1S/C14H13N3O2S2/c1-8-11(6-13(18)19)21-14(15-8)20-7-12-16-9-4-2-3-5-10(9)17-12/h2-5H,6-7H2,1H3,(H,16,17)(H,18,19). The Morgan fingerprint density at radius 3 is 2.95 bits per heavy atom. The van der Waals surface area contributed by atoms with Crippen LogP contribution >= 0.6 is 23.1 Å². The fraction of sp³-hybridized carbons (Fsp3) is 0.214. The van der Waals surface area contributed by atoms with Crippen LogP contribution < -0.4 is 0 Å². The molecule has 0 aliphatic heterocycles. The molecular weight excluding hydrogens is 306 g/mol. The molecule has 2 heterocycles. The maximum Gasteiger partial charge on any atom is 0.308 e. The third-order valence-electron chi connectivity index (χ3n) is 2.96. The average Bonchev–Trinajstić information content (AvgIpc) is 2.99. The highest BCUT2D eigenvalue weighted by atomic mass is 32.2. The Kier molecular flexibility index (Phi) is 3.94. The van der Waals surface area contributed by atoms with Crippen LogP contribution in [0.1, 0.15) is 16.4 Å². The number of aliphatic carboxylic acids is 1. The number of benzene rings is 1. The molecule has 0 spiro atoms. The lowest BCUT2D eigenvalue weighted by Crippen LogP contribution is -1.99. The number of thiazole rings is 1. The second kappa shape index (κ2) is 5.87. The minimum Gasteiger partial charge on any atom is -0.481 e. The van der Waals surface area contributed by atoms with Gasteiger partial charge in [0.1, 0.15) is 5.82 Å². The number of thioether (sulfide) groups is 1. The fourth-order valence-electron chi connectivity index (χ4n) is 1.97. The van der Waals surface area contributed by atoms with E-state index in [9.17, 15) is 4.79 Å². The van der Waals surface area contributed by atoms with Crippen molar-refractivity contribution in [3.05, 3.63) is 40.7 Å². The Bertz CT molecular complexity index is 761. The van der Waals surface area contributed by atoms with Gasteiger partial charge in [-0.1, -0.05) is 23.9 Å². The summed E-state index contributed by atoms with van der Waals surface area (Å²) in [5, 5.41) is 8.85. The van der Waals surface area contributed by atoms with Gasteiger partial charge in [-0.05, 0) is 19.1 Å². The van der Waals surface area contributed by atoms with Crippen LogP contribution in [-0.4, -0.2) is 26.0 Å². The van der Waals surface area contributed by atoms with Gasteiger partial charge in [0, 0.05) is 4.88 Å². The van der Waals surface area contributed by atoms with Gasteiger partial charge in [-0.25, -0.2) is 9.97 Å². The molecule has 0 amide bonds. The van der Waals surface area contributed by atoms with E-state index in [1.54, 1.807) is 11.8 Å². The molecule has 2 aromatic heterocycles. The second-order valence-corrected chi connectivity index (χ2v) is 6.85. The zero-order chi connectivity index (χ0) is 14.8. The first kappa shape index (κ1) is 14.1. The number of aromatic nitrogens is 3. The van der Waals surface area contributed by atoms with Crippen LogP contribution in [0.3, 0.4) is 0 Å². The highest BCUT2D eigenvalue weighted by Crippen LogP contribution is 2.29. The molecule has 3 rings (SSSR count). The summed E-state index contributed by atoms with van der Waals surface area (Å²) < 4.78 is 0.879. The molecule has 3 aromatic rings. The molecule has 108 valence electrons. The van der Waals surface area contributed by atoms with Crippen molar-refractivity contribution >= 4 is 40.1 Å². The molecule has 0 aliphatic carbocycles. The van der Waals surface area contributed by atoms with Crippen molar-refractivity contribution in [2.24, 2.45) is 0 Å². The van der Waals surface area contributed by atoms with Crippen LogP contribution in [-0.2, 0) is 17.0 Å². The van der Waals surface area contributed by atoms with Crippen molar-refractivity contribution in [3.63, 3.8) is 0 Å². The Balaban J connectivity index is 1.71. The normalized spacial score (nSPS) is 11.1. The molecule has 0 unspecified atom stereocenters. The van der Waals surface area contributed by atoms with Crippen molar-refractivity contribution in [2.75, 3.05) is 0 Å². The molecule has 2 N–H and O–H groups in total. The van der Waals surface area contributed by atoms with Crippen LogP contribution in [0.15, 0.2) is 28.6 Å². The van der Waals surface area contributed by atoms with Gasteiger partial charge in [-0.3, -0.25) is 4.79 Å². The summed E-state index contributed by atoms with van der Waals surface area (Å²) in [4.78, 5) is 23.8. The van der Waals surface area contributed by atoms with E-state index < -0.39 is 5.97 Å². The third kappa shape index (κ3) is 3.25. The maximum atomic E-state index is 10.8. The second-order valence-electron chi connectivity index (χ2n) is 4.55. The smallest absolute Gasteiger partial charge is 0.308 e. The minimum absolute atomic E-state index is 0.0364. The number of imidazole rings is 1. The molecule has 0 fully saturated rings. The first-order valence-corrected chi connectivity index (χ1v) is 8.16. The summed E-state index contributed by atoms with van der Waals surface area (Å²) in [5.41, 5.74) is 2.78. The van der Waals surface area contributed by atoms with E-state index in [4.69, 9.17) is 5.11 Å². The predicted molar refractivity (Wildman–Crippen MR) is 83.8 cm³/mol. The first-order valence-electron chi connectivity index (χ1n) is 6.36. The number of aromatic amines is 1. The van der Waals surface area contributed by atoms with Crippen molar-refractivity contribution in [2.45, 2.75) is 23.4 Å². The highest BCUT2D eigenvalue weighted by molar-refractivity contribution is 8.00. The van der Waals surface area contributed by atoms with E-state index in [0.717, 1.165) is 31.8 Å². The van der Waals surface area contributed by atoms with Crippen molar-refractivity contribution in [3.8, 4) is 0 Å². The molecule has 5 nitrogen and oxygen atoms in total. The van der Waals surface area contributed by atoms with Crippen LogP contribution in [0.4, 0.5) is 0 Å². The molecule has 0 saturated heterocycles. The Morgan fingerprint density at radius 2 is 2.19 bits per heavy atom. The van der Waals surface area contributed by atoms with E-state index in [2.05, 4.69) is 15.0 Å². The Labute approximate surface area is 129 Å². The van der Waals surface area contributed by atoms with Gasteiger partial charge >= 0.3 is 5.97 Å². The van der Waals surface area contributed by atoms with Gasteiger partial charge in [-0.2, -0.15) is 0 Å². The lowest BCUT2D eigenvalue weighted by Gasteiger charge is -1.92. The molecule has 21 heavy (non-hydrogen) atoms. The van der Waals surface area contributed by atoms with Gasteiger partial charge in [0.2, 0.25) is 0 Å². The fourth-order valence-corrected chi connectivity index (χ4v) is 4.06. The van der Waals surface area contributed by atoms with Crippen molar-refractivity contribution in [1.29, 1.82) is 0 Å². The number of carbonyl (C=O) groups is 1. The van der Waals surface area contributed by atoms with E-state index in [0.29, 0.717) is 5.75 Å². The van der Waals surface area contributed by atoms with Crippen molar-refractivity contribution < 1.29 is 9.90 Å². The number of rotatable bonds is 5. The summed E-state index contributed by atoms with van der Waals surface area (Å²) in [6.07, 6.45) is 0.0364. The predicted octanol–water partition coefficient (Wildman–Crippen LogP) is 3.25. The molecule has 0 aliphatic rings. The quantitative estimate of drug-likeness (QED) is 0.706. The Morgan fingerprint density at radius 1 is 1.38 bits per heavy atom. The molecule has 0 atom stereocenters. The number of aryl methyl sites for hydroxylation is 1. The number of nitrogens with zero attached hydrogens (tertiary/aromatic N) is 2. The summed E-state index contributed by atoms with van der Waals surface area (Å²) in [7, 11) is 0. The van der Waals surface area contributed by atoms with Crippen LogP contribution in [0.2, 0.25) is 0 Å². The molecular formula is C14H13N3O2S2. The zero-order valence-corrected chi connectivity index (χ0v) is 12.9. The number of hydrogen-bond acceptors (Lipinski definition) is 5.